The van der Waals surface area contributed by atoms with Crippen molar-refractivity contribution in [3.63, 3.8) is 0 Å². The van der Waals surface area contributed by atoms with Crippen LogP contribution in [0.2, 0.25) is 0 Å². The molecule has 0 heterocycles. The minimum atomic E-state index is 0.256. The first kappa shape index (κ1) is 18.8. The van der Waals surface area contributed by atoms with Crippen LogP contribution in [0, 0.1) is 11.8 Å². The third kappa shape index (κ3) is 5.81. The molecule has 0 N–H and O–H groups in total. The third-order valence-corrected chi connectivity index (χ3v) is 5.32. The molecular formula is C18H34ClNO. The number of hydrogen-bond acceptors (Lipinski definition) is 1. The van der Waals surface area contributed by atoms with Crippen molar-refractivity contribution in [1.29, 1.82) is 0 Å². The number of alkyl halides is 1. The van der Waals surface area contributed by atoms with Gasteiger partial charge in [-0.3, -0.25) is 4.79 Å². The van der Waals surface area contributed by atoms with Gasteiger partial charge in [0.05, 0.1) is 0 Å². The van der Waals surface area contributed by atoms with E-state index in [0.29, 0.717) is 24.4 Å². The van der Waals surface area contributed by atoms with Crippen LogP contribution in [0.3, 0.4) is 0 Å². The Morgan fingerprint density at radius 3 is 2.24 bits per heavy atom. The number of amides is 1. The molecule has 1 amide bonds. The van der Waals surface area contributed by atoms with Gasteiger partial charge in [0, 0.05) is 24.4 Å². The Morgan fingerprint density at radius 1 is 1.14 bits per heavy atom. The number of hydrogen-bond donors (Lipinski definition) is 0. The largest absolute Gasteiger partial charge is 0.338 e. The van der Waals surface area contributed by atoms with Gasteiger partial charge in [0.15, 0.2) is 0 Å². The van der Waals surface area contributed by atoms with Gasteiger partial charge in [0.1, 0.15) is 0 Å². The van der Waals surface area contributed by atoms with Crippen molar-refractivity contribution in [3.05, 3.63) is 0 Å². The lowest BCUT2D eigenvalue weighted by Gasteiger charge is -2.36. The summed E-state index contributed by atoms with van der Waals surface area (Å²) in [4.78, 5) is 14.9. The lowest BCUT2D eigenvalue weighted by Crippen LogP contribution is -2.45. The highest BCUT2D eigenvalue weighted by Gasteiger charge is 2.31. The summed E-state index contributed by atoms with van der Waals surface area (Å²) in [5.74, 6) is 2.04. The first-order chi connectivity index (χ1) is 10.2. The minimum Gasteiger partial charge on any atom is -0.338 e. The van der Waals surface area contributed by atoms with Crippen LogP contribution < -0.4 is 0 Å². The SMILES string of the molecule is CCCCC1CCC(C(=O)N(CCCl)C(CC)CC)CC1. The summed E-state index contributed by atoms with van der Waals surface area (Å²) in [6, 6.07) is 0.370. The molecule has 0 spiro atoms. The van der Waals surface area contributed by atoms with E-state index in [2.05, 4.69) is 25.7 Å². The number of nitrogens with zero attached hydrogens (tertiary/aromatic N) is 1. The van der Waals surface area contributed by atoms with Crippen LogP contribution in [-0.2, 0) is 4.79 Å². The number of rotatable bonds is 9. The molecule has 0 aromatic rings. The summed E-state index contributed by atoms with van der Waals surface area (Å²) in [6.07, 6.45) is 10.7. The van der Waals surface area contributed by atoms with E-state index >= 15 is 0 Å². The van der Waals surface area contributed by atoms with Gasteiger partial charge in [-0.15, -0.1) is 11.6 Å². The van der Waals surface area contributed by atoms with Crippen molar-refractivity contribution in [2.75, 3.05) is 12.4 Å². The predicted octanol–water partition coefficient (Wildman–Crippen LogP) is 5.24. The summed E-state index contributed by atoms with van der Waals surface area (Å²) < 4.78 is 0. The lowest BCUT2D eigenvalue weighted by molar-refractivity contribution is -0.139. The Labute approximate surface area is 136 Å². The van der Waals surface area contributed by atoms with E-state index in [1.165, 1.54) is 32.1 Å². The van der Waals surface area contributed by atoms with Crippen LogP contribution in [-0.4, -0.2) is 29.3 Å². The third-order valence-electron chi connectivity index (χ3n) is 5.15. The fraction of sp³-hybridized carbons (Fsp3) is 0.944. The second kappa shape index (κ2) is 10.5. The maximum Gasteiger partial charge on any atom is 0.225 e. The average molecular weight is 316 g/mol. The fourth-order valence-corrected chi connectivity index (χ4v) is 3.90. The summed E-state index contributed by atoms with van der Waals surface area (Å²) in [7, 11) is 0. The van der Waals surface area contributed by atoms with Crippen molar-refractivity contribution < 1.29 is 4.79 Å². The smallest absolute Gasteiger partial charge is 0.225 e. The molecular weight excluding hydrogens is 282 g/mol. The summed E-state index contributed by atoms with van der Waals surface area (Å²) >= 11 is 5.92. The zero-order valence-corrected chi connectivity index (χ0v) is 15.0. The molecule has 2 nitrogen and oxygen atoms in total. The molecule has 0 radical (unpaired) electrons. The van der Waals surface area contributed by atoms with Crippen LogP contribution in [0.1, 0.15) is 78.6 Å². The Hall–Kier alpha value is -0.240. The van der Waals surface area contributed by atoms with Gasteiger partial charge in [0.2, 0.25) is 5.91 Å². The van der Waals surface area contributed by atoms with E-state index in [4.69, 9.17) is 11.6 Å². The average Bonchev–Trinajstić information content (AvgIpc) is 2.53. The van der Waals surface area contributed by atoms with Gasteiger partial charge in [-0.05, 0) is 44.4 Å². The molecule has 21 heavy (non-hydrogen) atoms. The molecule has 0 unspecified atom stereocenters. The molecule has 3 heteroatoms. The fourth-order valence-electron chi connectivity index (χ4n) is 3.72. The summed E-state index contributed by atoms with van der Waals surface area (Å²) in [6.45, 7) is 7.31. The zero-order chi connectivity index (χ0) is 15.7. The van der Waals surface area contributed by atoms with E-state index in [0.717, 1.165) is 31.6 Å². The Balaban J connectivity index is 2.53. The van der Waals surface area contributed by atoms with Crippen molar-refractivity contribution >= 4 is 17.5 Å². The summed E-state index contributed by atoms with van der Waals surface area (Å²) in [5, 5.41) is 0. The second-order valence-electron chi connectivity index (χ2n) is 6.55. The van der Waals surface area contributed by atoms with Crippen LogP contribution in [0.4, 0.5) is 0 Å². The first-order valence-electron chi connectivity index (χ1n) is 9.04. The predicted molar refractivity (Wildman–Crippen MR) is 91.8 cm³/mol. The maximum absolute atomic E-state index is 12.8. The monoisotopic (exact) mass is 315 g/mol. The highest BCUT2D eigenvalue weighted by atomic mass is 35.5. The topological polar surface area (TPSA) is 20.3 Å². The molecule has 0 bridgehead atoms. The number of halogens is 1. The minimum absolute atomic E-state index is 0.256. The van der Waals surface area contributed by atoms with Gasteiger partial charge < -0.3 is 4.90 Å². The van der Waals surface area contributed by atoms with Gasteiger partial charge >= 0.3 is 0 Å². The van der Waals surface area contributed by atoms with Crippen LogP contribution in [0.25, 0.3) is 0 Å². The van der Waals surface area contributed by atoms with Crippen molar-refractivity contribution in [1.82, 2.24) is 4.90 Å². The van der Waals surface area contributed by atoms with Crippen LogP contribution >= 0.6 is 11.6 Å². The standard InChI is InChI=1S/C18H34ClNO/c1-4-7-8-15-9-11-16(12-10-15)18(21)20(14-13-19)17(5-2)6-3/h15-17H,4-14H2,1-3H3. The van der Waals surface area contributed by atoms with Crippen LogP contribution in [0.15, 0.2) is 0 Å². The molecule has 0 saturated heterocycles. The molecule has 0 aromatic heterocycles. The maximum atomic E-state index is 12.8. The molecule has 1 rings (SSSR count). The van der Waals surface area contributed by atoms with E-state index in [1.807, 2.05) is 0 Å². The van der Waals surface area contributed by atoms with Crippen LogP contribution in [0.5, 0.6) is 0 Å². The molecule has 1 saturated carbocycles. The Bertz CT molecular complexity index is 283. The number of unbranched alkanes of at least 4 members (excludes halogenated alkanes) is 1. The van der Waals surface area contributed by atoms with E-state index < -0.39 is 0 Å². The van der Waals surface area contributed by atoms with Gasteiger partial charge in [-0.25, -0.2) is 0 Å². The van der Waals surface area contributed by atoms with Crippen molar-refractivity contribution in [2.45, 2.75) is 84.6 Å². The molecule has 124 valence electrons. The number of carbonyl (C=O) groups excluding carboxylic acids is 1. The molecule has 0 aromatic carbocycles. The molecule has 1 fully saturated rings. The van der Waals surface area contributed by atoms with Crippen molar-refractivity contribution in [3.8, 4) is 0 Å². The second-order valence-corrected chi connectivity index (χ2v) is 6.93. The van der Waals surface area contributed by atoms with E-state index in [1.54, 1.807) is 0 Å². The molecule has 1 aliphatic rings. The first-order valence-corrected chi connectivity index (χ1v) is 9.57. The number of carbonyl (C=O) groups is 1. The normalized spacial score (nSPS) is 22.5. The lowest BCUT2D eigenvalue weighted by atomic mass is 9.79. The molecule has 0 atom stereocenters. The highest BCUT2D eigenvalue weighted by molar-refractivity contribution is 6.18. The van der Waals surface area contributed by atoms with Crippen molar-refractivity contribution in [2.24, 2.45) is 11.8 Å². The highest BCUT2D eigenvalue weighted by Crippen LogP contribution is 2.33. The van der Waals surface area contributed by atoms with Gasteiger partial charge in [-0.2, -0.15) is 0 Å². The van der Waals surface area contributed by atoms with Gasteiger partial charge in [-0.1, -0.05) is 40.0 Å². The Morgan fingerprint density at radius 2 is 1.76 bits per heavy atom. The van der Waals surface area contributed by atoms with E-state index in [-0.39, 0.29) is 5.92 Å². The Kier molecular flexibility index (Phi) is 9.39. The molecule has 1 aliphatic carbocycles. The van der Waals surface area contributed by atoms with Gasteiger partial charge in [0.25, 0.3) is 0 Å². The summed E-state index contributed by atoms with van der Waals surface area (Å²) in [5.41, 5.74) is 0. The zero-order valence-electron chi connectivity index (χ0n) is 14.2. The molecule has 0 aliphatic heterocycles. The quantitative estimate of drug-likeness (QED) is 0.533. The van der Waals surface area contributed by atoms with E-state index in [9.17, 15) is 4.79 Å².